The van der Waals surface area contributed by atoms with E-state index in [1.165, 1.54) is 12.1 Å². The lowest BCUT2D eigenvalue weighted by Crippen LogP contribution is -2.40. The molecular weight excluding hydrogens is 275 g/mol. The molecule has 8 heteroatoms. The van der Waals surface area contributed by atoms with Crippen molar-refractivity contribution in [1.82, 2.24) is 15.1 Å². The number of alkyl halides is 3. The first-order valence-corrected chi connectivity index (χ1v) is 5.81. The van der Waals surface area contributed by atoms with E-state index in [2.05, 4.69) is 10.2 Å². The molecule has 2 aromatic rings. The van der Waals surface area contributed by atoms with Crippen molar-refractivity contribution >= 4 is 16.8 Å². The van der Waals surface area contributed by atoms with Gasteiger partial charge in [0.15, 0.2) is 0 Å². The smallest absolute Gasteiger partial charge is 0.395 e. The molecule has 0 radical (unpaired) electrons. The van der Waals surface area contributed by atoms with Gasteiger partial charge in [0.25, 0.3) is 5.91 Å². The van der Waals surface area contributed by atoms with Crippen LogP contribution in [0.3, 0.4) is 0 Å². The number of halogens is 3. The van der Waals surface area contributed by atoms with E-state index in [1.807, 2.05) is 0 Å². The Hall–Kier alpha value is -2.09. The number of hydrogen-bond acceptors (Lipinski definition) is 3. The summed E-state index contributed by atoms with van der Waals surface area (Å²) in [5.74, 6) is -0.784. The van der Waals surface area contributed by atoms with Gasteiger partial charge in [-0.25, -0.2) is 0 Å². The van der Waals surface area contributed by atoms with Crippen LogP contribution in [0, 0.1) is 0 Å². The number of carbonyl (C=O) groups excluding carboxylic acids is 1. The number of H-pyrrole nitrogens is 1. The maximum Gasteiger partial charge on any atom is 0.406 e. The van der Waals surface area contributed by atoms with Gasteiger partial charge in [0.1, 0.15) is 6.54 Å². The largest absolute Gasteiger partial charge is 0.406 e. The summed E-state index contributed by atoms with van der Waals surface area (Å²) in [5, 5.41) is 16.0. The Morgan fingerprint density at radius 2 is 2.15 bits per heavy atom. The van der Waals surface area contributed by atoms with Gasteiger partial charge < -0.3 is 10.0 Å². The number of aromatic nitrogens is 2. The van der Waals surface area contributed by atoms with Crippen molar-refractivity contribution in [1.29, 1.82) is 0 Å². The van der Waals surface area contributed by atoms with Gasteiger partial charge in [0, 0.05) is 17.5 Å². The van der Waals surface area contributed by atoms with Crippen LogP contribution in [-0.4, -0.2) is 52.0 Å². The van der Waals surface area contributed by atoms with Crippen molar-refractivity contribution in [2.24, 2.45) is 0 Å². The van der Waals surface area contributed by atoms with Gasteiger partial charge in [-0.05, 0) is 12.1 Å². The van der Waals surface area contributed by atoms with E-state index in [0.29, 0.717) is 10.4 Å². The van der Waals surface area contributed by atoms with Gasteiger partial charge >= 0.3 is 6.18 Å². The van der Waals surface area contributed by atoms with E-state index in [0.717, 1.165) is 5.39 Å². The van der Waals surface area contributed by atoms with Crippen molar-refractivity contribution in [3.63, 3.8) is 0 Å². The number of benzene rings is 1. The maximum atomic E-state index is 12.4. The molecule has 20 heavy (non-hydrogen) atoms. The molecule has 0 bridgehead atoms. The average molecular weight is 287 g/mol. The molecule has 0 spiro atoms. The molecule has 1 aromatic heterocycles. The molecule has 0 unspecified atom stereocenters. The fraction of sp³-hybridized carbons (Fsp3) is 0.333. The van der Waals surface area contributed by atoms with Gasteiger partial charge in [-0.15, -0.1) is 0 Å². The summed E-state index contributed by atoms with van der Waals surface area (Å²) in [4.78, 5) is 12.6. The Balaban J connectivity index is 2.25. The van der Waals surface area contributed by atoms with Crippen molar-refractivity contribution in [2.45, 2.75) is 6.18 Å². The number of nitrogens with zero attached hydrogens (tertiary/aromatic N) is 2. The third kappa shape index (κ3) is 3.27. The average Bonchev–Trinajstić information content (AvgIpc) is 2.83. The van der Waals surface area contributed by atoms with E-state index in [4.69, 9.17) is 5.11 Å². The number of carbonyl (C=O) groups is 1. The van der Waals surface area contributed by atoms with Gasteiger partial charge in [-0.3, -0.25) is 9.89 Å². The van der Waals surface area contributed by atoms with Crippen LogP contribution in [0.15, 0.2) is 24.4 Å². The van der Waals surface area contributed by atoms with E-state index < -0.39 is 25.2 Å². The molecular formula is C12H12F3N3O2. The van der Waals surface area contributed by atoms with Crippen molar-refractivity contribution in [3.8, 4) is 0 Å². The number of rotatable bonds is 4. The molecule has 5 nitrogen and oxygen atoms in total. The lowest BCUT2D eigenvalue weighted by Gasteiger charge is -2.23. The lowest BCUT2D eigenvalue weighted by molar-refractivity contribution is -0.141. The fourth-order valence-corrected chi connectivity index (χ4v) is 1.84. The standard InChI is InChI=1S/C12H12F3N3O2/c13-12(14,15)7-18(3-4-19)11(20)8-1-2-9-6-16-17-10(9)5-8/h1-2,5-6,19H,3-4,7H2,(H,16,17). The monoisotopic (exact) mass is 287 g/mol. The fourth-order valence-electron chi connectivity index (χ4n) is 1.84. The predicted octanol–water partition coefficient (Wildman–Crippen LogP) is 1.56. The van der Waals surface area contributed by atoms with Gasteiger partial charge in [0.05, 0.1) is 18.3 Å². The number of aliphatic hydroxyl groups excluding tert-OH is 1. The second-order valence-electron chi connectivity index (χ2n) is 4.24. The molecule has 0 aliphatic carbocycles. The minimum atomic E-state index is -4.51. The van der Waals surface area contributed by atoms with E-state index in [1.54, 1.807) is 12.3 Å². The molecule has 108 valence electrons. The minimum Gasteiger partial charge on any atom is -0.395 e. The number of fused-ring (bicyclic) bond motifs is 1. The summed E-state index contributed by atoms with van der Waals surface area (Å²) in [5.41, 5.74) is 0.672. The number of nitrogens with one attached hydrogen (secondary N) is 1. The first-order valence-electron chi connectivity index (χ1n) is 5.81. The number of aromatic amines is 1. The number of hydrogen-bond donors (Lipinski definition) is 2. The summed E-state index contributed by atoms with van der Waals surface area (Å²) in [6.45, 7) is -2.30. The van der Waals surface area contributed by atoms with Crippen molar-refractivity contribution in [3.05, 3.63) is 30.0 Å². The van der Waals surface area contributed by atoms with Gasteiger partial charge in [-0.2, -0.15) is 18.3 Å². The maximum absolute atomic E-state index is 12.4. The van der Waals surface area contributed by atoms with Crippen molar-refractivity contribution < 1.29 is 23.1 Å². The highest BCUT2D eigenvalue weighted by Crippen LogP contribution is 2.19. The molecule has 2 rings (SSSR count). The molecule has 1 amide bonds. The Kier molecular flexibility index (Phi) is 3.93. The van der Waals surface area contributed by atoms with Gasteiger partial charge in [-0.1, -0.05) is 6.07 Å². The zero-order valence-corrected chi connectivity index (χ0v) is 10.3. The molecule has 0 fully saturated rings. The summed E-state index contributed by atoms with van der Waals surface area (Å²) in [6.07, 6.45) is -2.96. The Morgan fingerprint density at radius 1 is 1.40 bits per heavy atom. The topological polar surface area (TPSA) is 69.2 Å². The Labute approximate surface area is 112 Å². The minimum absolute atomic E-state index is 0.111. The van der Waals surface area contributed by atoms with E-state index in [9.17, 15) is 18.0 Å². The van der Waals surface area contributed by atoms with Crippen LogP contribution in [0.1, 0.15) is 10.4 Å². The van der Waals surface area contributed by atoms with E-state index in [-0.39, 0.29) is 12.1 Å². The highest BCUT2D eigenvalue weighted by atomic mass is 19.4. The summed E-state index contributed by atoms with van der Waals surface area (Å²) in [7, 11) is 0. The Bertz CT molecular complexity index is 609. The molecule has 2 N–H and O–H groups in total. The van der Waals surface area contributed by atoms with Crippen molar-refractivity contribution in [2.75, 3.05) is 19.7 Å². The van der Waals surface area contributed by atoms with Crippen LogP contribution >= 0.6 is 0 Å². The molecule has 0 saturated carbocycles. The SMILES string of the molecule is O=C(c1ccc2cn[nH]c2c1)N(CCO)CC(F)(F)F. The molecule has 0 aliphatic heterocycles. The zero-order valence-electron chi connectivity index (χ0n) is 10.3. The third-order valence-corrected chi connectivity index (χ3v) is 2.72. The highest BCUT2D eigenvalue weighted by molar-refractivity contribution is 5.97. The van der Waals surface area contributed by atoms with Gasteiger partial charge in [0.2, 0.25) is 0 Å². The summed E-state index contributed by atoms with van der Waals surface area (Å²) < 4.78 is 37.3. The summed E-state index contributed by atoms with van der Waals surface area (Å²) >= 11 is 0. The molecule has 0 atom stereocenters. The van der Waals surface area contributed by atoms with Crippen LogP contribution < -0.4 is 0 Å². The first kappa shape index (κ1) is 14.3. The predicted molar refractivity (Wildman–Crippen MR) is 65.1 cm³/mol. The van der Waals surface area contributed by atoms with Crippen LogP contribution in [0.2, 0.25) is 0 Å². The molecule has 0 aliphatic rings. The van der Waals surface area contributed by atoms with E-state index >= 15 is 0 Å². The second-order valence-corrected chi connectivity index (χ2v) is 4.24. The molecule has 1 aromatic carbocycles. The lowest BCUT2D eigenvalue weighted by atomic mass is 10.1. The molecule has 1 heterocycles. The van der Waals surface area contributed by atoms with Crippen LogP contribution in [0.5, 0.6) is 0 Å². The number of amides is 1. The zero-order chi connectivity index (χ0) is 14.8. The quantitative estimate of drug-likeness (QED) is 0.896. The number of aliphatic hydroxyl groups is 1. The normalized spacial score (nSPS) is 11.8. The Morgan fingerprint density at radius 3 is 2.80 bits per heavy atom. The first-order chi connectivity index (χ1) is 9.40. The van der Waals surface area contributed by atoms with Crippen LogP contribution in [0.25, 0.3) is 10.9 Å². The summed E-state index contributed by atoms with van der Waals surface area (Å²) in [6, 6.07) is 4.46. The highest BCUT2D eigenvalue weighted by Gasteiger charge is 2.33. The van der Waals surface area contributed by atoms with Crippen LogP contribution in [-0.2, 0) is 0 Å². The third-order valence-electron chi connectivity index (χ3n) is 2.72. The molecule has 0 saturated heterocycles. The van der Waals surface area contributed by atoms with Crippen LogP contribution in [0.4, 0.5) is 13.2 Å². The second kappa shape index (κ2) is 5.49.